The van der Waals surface area contributed by atoms with Crippen molar-refractivity contribution >= 4 is 17.8 Å². The van der Waals surface area contributed by atoms with Crippen LogP contribution in [0.1, 0.15) is 22.3 Å². The summed E-state index contributed by atoms with van der Waals surface area (Å²) in [4.78, 5) is 38.1. The van der Waals surface area contributed by atoms with E-state index in [9.17, 15) is 19.5 Å². The normalized spacial score (nSPS) is 19.8. The van der Waals surface area contributed by atoms with Gasteiger partial charge in [-0.3, -0.25) is 9.59 Å². The van der Waals surface area contributed by atoms with Gasteiger partial charge in [0.2, 0.25) is 5.91 Å². The highest BCUT2D eigenvalue weighted by molar-refractivity contribution is 5.94. The first-order valence-electron chi connectivity index (χ1n) is 9.14. The Morgan fingerprint density at radius 3 is 2.29 bits per heavy atom. The minimum atomic E-state index is -1.10. The van der Waals surface area contributed by atoms with Crippen LogP contribution in [-0.2, 0) is 16.0 Å². The number of amides is 2. The maximum Gasteiger partial charge on any atom is 0.326 e. The molecule has 0 radical (unpaired) electrons. The van der Waals surface area contributed by atoms with Crippen LogP contribution in [0.2, 0.25) is 0 Å². The number of carboxylic acid groups (broad SMARTS) is 1. The highest BCUT2D eigenvalue weighted by Gasteiger charge is 2.41. The third kappa shape index (κ3) is 4.55. The van der Waals surface area contributed by atoms with Gasteiger partial charge in [0.15, 0.2) is 0 Å². The second-order valence-electron chi connectivity index (χ2n) is 6.91. The Bertz CT molecular complexity index is 841. The Morgan fingerprint density at radius 2 is 1.68 bits per heavy atom. The van der Waals surface area contributed by atoms with Crippen molar-refractivity contribution in [3.8, 4) is 0 Å². The third-order valence-corrected chi connectivity index (χ3v) is 4.86. The predicted molar refractivity (Wildman–Crippen MR) is 104 cm³/mol. The van der Waals surface area contributed by atoms with E-state index in [-0.39, 0.29) is 18.9 Å². The summed E-state index contributed by atoms with van der Waals surface area (Å²) in [6.45, 7) is 0.122. The first-order chi connectivity index (χ1) is 13.5. The van der Waals surface area contributed by atoms with Crippen LogP contribution in [0.15, 0.2) is 60.7 Å². The zero-order valence-electron chi connectivity index (χ0n) is 15.3. The van der Waals surface area contributed by atoms with Crippen LogP contribution in [0.5, 0.6) is 0 Å². The molecule has 1 unspecified atom stereocenters. The highest BCUT2D eigenvalue weighted by atomic mass is 16.4. The summed E-state index contributed by atoms with van der Waals surface area (Å²) in [5.41, 5.74) is 7.45. The third-order valence-electron chi connectivity index (χ3n) is 4.86. The molecular formula is C21H23N3O4. The number of likely N-dealkylation sites (tertiary alicyclic amines) is 1. The van der Waals surface area contributed by atoms with Gasteiger partial charge in [0.05, 0.1) is 6.04 Å². The number of carboxylic acids is 1. The van der Waals surface area contributed by atoms with Gasteiger partial charge in [0.1, 0.15) is 6.04 Å². The lowest BCUT2D eigenvalue weighted by molar-refractivity contribution is -0.148. The summed E-state index contributed by atoms with van der Waals surface area (Å²) in [6.07, 6.45) is 0.473. The molecule has 28 heavy (non-hydrogen) atoms. The molecule has 3 rings (SSSR count). The number of aliphatic carboxylic acids is 1. The van der Waals surface area contributed by atoms with Gasteiger partial charge in [-0.1, -0.05) is 48.5 Å². The molecule has 7 heteroatoms. The summed E-state index contributed by atoms with van der Waals surface area (Å²) < 4.78 is 0. The molecule has 0 saturated carbocycles. The van der Waals surface area contributed by atoms with Gasteiger partial charge in [0, 0.05) is 24.6 Å². The van der Waals surface area contributed by atoms with Crippen LogP contribution < -0.4 is 11.1 Å². The quantitative estimate of drug-likeness (QED) is 0.692. The highest BCUT2D eigenvalue weighted by Crippen LogP contribution is 2.20. The van der Waals surface area contributed by atoms with E-state index >= 15 is 0 Å². The van der Waals surface area contributed by atoms with Crippen molar-refractivity contribution in [1.82, 2.24) is 10.2 Å². The van der Waals surface area contributed by atoms with Crippen LogP contribution in [0.25, 0.3) is 0 Å². The van der Waals surface area contributed by atoms with Crippen LogP contribution in [0.4, 0.5) is 0 Å². The van der Waals surface area contributed by atoms with E-state index in [0.29, 0.717) is 12.0 Å². The average molecular weight is 381 g/mol. The molecule has 0 aromatic heterocycles. The number of carbonyl (C=O) groups excluding carboxylic acids is 2. The van der Waals surface area contributed by atoms with E-state index in [1.54, 1.807) is 30.3 Å². The minimum Gasteiger partial charge on any atom is -0.480 e. The van der Waals surface area contributed by atoms with Gasteiger partial charge < -0.3 is 21.1 Å². The van der Waals surface area contributed by atoms with E-state index in [1.807, 2.05) is 30.3 Å². The molecule has 0 aliphatic carbocycles. The largest absolute Gasteiger partial charge is 0.480 e. The number of nitrogens with one attached hydrogen (secondary N) is 1. The maximum atomic E-state index is 12.8. The molecule has 1 aliphatic rings. The van der Waals surface area contributed by atoms with Crippen LogP contribution in [0.3, 0.4) is 0 Å². The van der Waals surface area contributed by atoms with E-state index in [1.165, 1.54) is 4.90 Å². The van der Waals surface area contributed by atoms with Crippen molar-refractivity contribution in [3.05, 3.63) is 71.8 Å². The molecule has 1 aliphatic heterocycles. The van der Waals surface area contributed by atoms with Gasteiger partial charge >= 0.3 is 5.97 Å². The Labute approximate surface area is 163 Å². The molecule has 0 bridgehead atoms. The molecule has 0 spiro atoms. The fourth-order valence-electron chi connectivity index (χ4n) is 3.44. The van der Waals surface area contributed by atoms with Gasteiger partial charge in [0.25, 0.3) is 5.91 Å². The Balaban J connectivity index is 1.66. The summed E-state index contributed by atoms with van der Waals surface area (Å²) in [5, 5.41) is 12.3. The van der Waals surface area contributed by atoms with Crippen LogP contribution in [0, 0.1) is 0 Å². The lowest BCUT2D eigenvalue weighted by Gasteiger charge is -2.25. The number of hydrogen-bond donors (Lipinski definition) is 3. The number of hydrogen-bond acceptors (Lipinski definition) is 4. The van der Waals surface area contributed by atoms with Crippen molar-refractivity contribution in [1.29, 1.82) is 0 Å². The van der Waals surface area contributed by atoms with E-state index in [2.05, 4.69) is 5.32 Å². The molecule has 2 aromatic carbocycles. The van der Waals surface area contributed by atoms with Crippen molar-refractivity contribution < 1.29 is 19.5 Å². The predicted octanol–water partition coefficient (Wildman–Crippen LogP) is 1.04. The SMILES string of the molecule is NC(Cc1ccccc1)C(=O)N1C[C@H](NC(=O)c2ccccc2)C[C@H]1C(=O)O. The van der Waals surface area contributed by atoms with Crippen molar-refractivity contribution in [2.45, 2.75) is 31.0 Å². The second kappa shape index (κ2) is 8.67. The molecule has 1 fully saturated rings. The molecule has 2 amide bonds. The van der Waals surface area contributed by atoms with Gasteiger partial charge in [-0.15, -0.1) is 0 Å². The summed E-state index contributed by atoms with van der Waals surface area (Å²) >= 11 is 0. The summed E-state index contributed by atoms with van der Waals surface area (Å²) in [7, 11) is 0. The lowest BCUT2D eigenvalue weighted by atomic mass is 10.1. The smallest absolute Gasteiger partial charge is 0.326 e. The maximum absolute atomic E-state index is 12.8. The topological polar surface area (TPSA) is 113 Å². The number of carbonyl (C=O) groups is 3. The van der Waals surface area contributed by atoms with Gasteiger partial charge in [-0.05, 0) is 24.1 Å². The Morgan fingerprint density at radius 1 is 1.07 bits per heavy atom. The van der Waals surface area contributed by atoms with Crippen molar-refractivity contribution in [2.75, 3.05) is 6.54 Å². The fourth-order valence-corrected chi connectivity index (χ4v) is 3.44. The van der Waals surface area contributed by atoms with Crippen LogP contribution in [-0.4, -0.2) is 52.5 Å². The molecule has 7 nitrogen and oxygen atoms in total. The number of nitrogens with two attached hydrogens (primary N) is 1. The van der Waals surface area contributed by atoms with Crippen molar-refractivity contribution in [3.63, 3.8) is 0 Å². The first kappa shape index (κ1) is 19.6. The molecule has 3 atom stereocenters. The molecular weight excluding hydrogens is 358 g/mol. The van der Waals surface area contributed by atoms with E-state index in [4.69, 9.17) is 5.73 Å². The standard InChI is InChI=1S/C21H23N3O4/c22-17(11-14-7-3-1-4-8-14)20(26)24-13-16(12-18(24)21(27)28)23-19(25)15-9-5-2-6-10-15/h1-10,16-18H,11-13,22H2,(H,23,25)(H,27,28)/t16-,17?,18+/m1/s1. The number of rotatable bonds is 6. The number of nitrogens with zero attached hydrogens (tertiary/aromatic N) is 1. The van der Waals surface area contributed by atoms with Gasteiger partial charge in [-0.2, -0.15) is 0 Å². The van der Waals surface area contributed by atoms with Gasteiger partial charge in [-0.25, -0.2) is 4.79 Å². The Kier molecular flexibility index (Phi) is 6.06. The zero-order valence-corrected chi connectivity index (χ0v) is 15.3. The lowest BCUT2D eigenvalue weighted by Crippen LogP contribution is -2.49. The summed E-state index contributed by atoms with van der Waals surface area (Å²) in [6, 6.07) is 15.7. The molecule has 1 saturated heterocycles. The second-order valence-corrected chi connectivity index (χ2v) is 6.91. The minimum absolute atomic E-state index is 0.122. The molecule has 2 aromatic rings. The molecule has 146 valence electrons. The zero-order chi connectivity index (χ0) is 20.1. The monoisotopic (exact) mass is 381 g/mol. The fraction of sp³-hybridized carbons (Fsp3) is 0.286. The first-order valence-corrected chi connectivity index (χ1v) is 9.14. The number of benzene rings is 2. The van der Waals surface area contributed by atoms with Crippen LogP contribution >= 0.6 is 0 Å². The molecule has 4 N–H and O–H groups in total. The summed E-state index contributed by atoms with van der Waals surface area (Å²) in [5.74, 6) is -1.82. The average Bonchev–Trinajstić information content (AvgIpc) is 3.13. The molecule has 1 heterocycles. The van der Waals surface area contributed by atoms with E-state index in [0.717, 1.165) is 5.56 Å². The van der Waals surface area contributed by atoms with E-state index < -0.39 is 30.0 Å². The Hall–Kier alpha value is -3.19. The van der Waals surface area contributed by atoms with Crippen molar-refractivity contribution in [2.24, 2.45) is 5.73 Å².